The molecule has 7 nitrogen and oxygen atoms in total. The first-order valence-corrected chi connectivity index (χ1v) is 9.72. The molecule has 1 heterocycles. The lowest BCUT2D eigenvalue weighted by Crippen LogP contribution is -2.44. The molecule has 1 aromatic rings. The van der Waals surface area contributed by atoms with Crippen LogP contribution in [0.2, 0.25) is 0 Å². The van der Waals surface area contributed by atoms with Crippen molar-refractivity contribution in [1.82, 2.24) is 15.5 Å². The molecule has 7 heteroatoms. The van der Waals surface area contributed by atoms with Crippen LogP contribution in [-0.2, 0) is 6.54 Å². The summed E-state index contributed by atoms with van der Waals surface area (Å²) in [7, 11) is 4.86. The van der Waals surface area contributed by atoms with Gasteiger partial charge in [-0.15, -0.1) is 0 Å². The molecule has 1 aromatic carbocycles. The predicted octanol–water partition coefficient (Wildman–Crippen LogP) is 2.25. The highest BCUT2D eigenvalue weighted by Gasteiger charge is 2.22. The zero-order valence-electron chi connectivity index (χ0n) is 17.3. The second-order valence-electron chi connectivity index (χ2n) is 6.49. The lowest BCUT2D eigenvalue weighted by atomic mass is 10.1. The van der Waals surface area contributed by atoms with Crippen LogP contribution < -0.4 is 24.8 Å². The summed E-state index contributed by atoms with van der Waals surface area (Å²) >= 11 is 0. The zero-order valence-corrected chi connectivity index (χ0v) is 17.3. The van der Waals surface area contributed by atoms with Gasteiger partial charge in [-0.05, 0) is 45.0 Å². The SMILES string of the molecule is CCNC(=NCc1ccc(OC)c(OC)c1OC)NCC1CCCN1CC. The first-order valence-electron chi connectivity index (χ1n) is 9.72. The number of likely N-dealkylation sites (N-methyl/N-ethyl adjacent to an activating group) is 1. The van der Waals surface area contributed by atoms with E-state index in [1.54, 1.807) is 21.3 Å². The molecular weight excluding hydrogens is 344 g/mol. The number of hydrogen-bond donors (Lipinski definition) is 2. The van der Waals surface area contributed by atoms with Gasteiger partial charge in [0, 0.05) is 24.7 Å². The largest absolute Gasteiger partial charge is 0.493 e. The highest BCUT2D eigenvalue weighted by molar-refractivity contribution is 5.79. The van der Waals surface area contributed by atoms with Crippen molar-refractivity contribution in [3.05, 3.63) is 17.7 Å². The Hall–Kier alpha value is -2.15. The van der Waals surface area contributed by atoms with E-state index in [1.807, 2.05) is 12.1 Å². The molecule has 1 atom stereocenters. The van der Waals surface area contributed by atoms with Gasteiger partial charge in [-0.25, -0.2) is 4.99 Å². The number of aliphatic imine (C=N–C) groups is 1. The maximum absolute atomic E-state index is 5.55. The van der Waals surface area contributed by atoms with Crippen LogP contribution in [0.5, 0.6) is 17.2 Å². The second-order valence-corrected chi connectivity index (χ2v) is 6.49. The zero-order chi connectivity index (χ0) is 19.6. The number of benzene rings is 1. The van der Waals surface area contributed by atoms with Gasteiger partial charge in [0.15, 0.2) is 17.5 Å². The summed E-state index contributed by atoms with van der Waals surface area (Å²) in [4.78, 5) is 7.26. The van der Waals surface area contributed by atoms with Gasteiger partial charge in [0.1, 0.15) is 0 Å². The Balaban J connectivity index is 2.09. The highest BCUT2D eigenvalue weighted by Crippen LogP contribution is 2.39. The number of hydrogen-bond acceptors (Lipinski definition) is 5. The van der Waals surface area contributed by atoms with Crippen LogP contribution in [0.1, 0.15) is 32.3 Å². The molecular formula is C20H34N4O3. The van der Waals surface area contributed by atoms with E-state index in [9.17, 15) is 0 Å². The first kappa shape index (κ1) is 21.2. The average Bonchev–Trinajstić information content (AvgIpc) is 3.16. The van der Waals surface area contributed by atoms with Crippen LogP contribution in [0.25, 0.3) is 0 Å². The molecule has 1 aliphatic rings. The van der Waals surface area contributed by atoms with E-state index in [-0.39, 0.29) is 0 Å². The maximum Gasteiger partial charge on any atom is 0.203 e. The van der Waals surface area contributed by atoms with Crippen molar-refractivity contribution in [3.63, 3.8) is 0 Å². The molecule has 0 amide bonds. The molecule has 0 aliphatic carbocycles. The van der Waals surface area contributed by atoms with E-state index in [0.717, 1.165) is 31.2 Å². The van der Waals surface area contributed by atoms with Gasteiger partial charge in [0.05, 0.1) is 27.9 Å². The summed E-state index contributed by atoms with van der Waals surface area (Å²) in [5.41, 5.74) is 0.948. The molecule has 0 radical (unpaired) electrons. The monoisotopic (exact) mass is 378 g/mol. The Morgan fingerprint density at radius 3 is 2.52 bits per heavy atom. The normalized spacial score (nSPS) is 17.7. The summed E-state index contributed by atoms with van der Waals surface area (Å²) < 4.78 is 16.4. The van der Waals surface area contributed by atoms with Crippen LogP contribution in [0.15, 0.2) is 17.1 Å². The molecule has 1 fully saturated rings. The van der Waals surface area contributed by atoms with E-state index in [0.29, 0.717) is 29.8 Å². The fourth-order valence-electron chi connectivity index (χ4n) is 3.55. The van der Waals surface area contributed by atoms with Gasteiger partial charge >= 0.3 is 0 Å². The lowest BCUT2D eigenvalue weighted by molar-refractivity contribution is 0.267. The molecule has 2 rings (SSSR count). The number of ether oxygens (including phenoxy) is 3. The summed E-state index contributed by atoms with van der Waals surface area (Å²) in [5, 5.41) is 6.81. The van der Waals surface area contributed by atoms with Crippen molar-refractivity contribution in [3.8, 4) is 17.2 Å². The minimum Gasteiger partial charge on any atom is -0.493 e. The number of likely N-dealkylation sites (tertiary alicyclic amines) is 1. The van der Waals surface area contributed by atoms with Crippen LogP contribution in [0.3, 0.4) is 0 Å². The smallest absolute Gasteiger partial charge is 0.203 e. The number of nitrogens with one attached hydrogen (secondary N) is 2. The van der Waals surface area contributed by atoms with Crippen molar-refractivity contribution < 1.29 is 14.2 Å². The molecule has 0 bridgehead atoms. The fraction of sp³-hybridized carbons (Fsp3) is 0.650. The van der Waals surface area contributed by atoms with E-state index >= 15 is 0 Å². The summed E-state index contributed by atoms with van der Waals surface area (Å²) in [6.45, 7) is 8.80. The van der Waals surface area contributed by atoms with E-state index in [2.05, 4.69) is 29.4 Å². The highest BCUT2D eigenvalue weighted by atomic mass is 16.5. The van der Waals surface area contributed by atoms with Crippen molar-refractivity contribution in [2.24, 2.45) is 4.99 Å². The molecule has 1 aliphatic heterocycles. The minimum atomic E-state index is 0.487. The van der Waals surface area contributed by atoms with Gasteiger partial charge in [0.2, 0.25) is 5.75 Å². The average molecular weight is 379 g/mol. The number of guanidine groups is 1. The van der Waals surface area contributed by atoms with Crippen LogP contribution in [0, 0.1) is 0 Å². The van der Waals surface area contributed by atoms with Gasteiger partial charge in [-0.1, -0.05) is 6.92 Å². The Kier molecular flexibility index (Phi) is 8.51. The molecule has 27 heavy (non-hydrogen) atoms. The van der Waals surface area contributed by atoms with Gasteiger partial charge in [-0.2, -0.15) is 0 Å². The van der Waals surface area contributed by atoms with Crippen molar-refractivity contribution in [2.45, 2.75) is 39.3 Å². The fourth-order valence-corrected chi connectivity index (χ4v) is 3.55. The van der Waals surface area contributed by atoms with Crippen molar-refractivity contribution in [1.29, 1.82) is 0 Å². The quantitative estimate of drug-likeness (QED) is 0.507. The standard InChI is InChI=1S/C20H34N4O3/c1-6-21-20(23-14-16-9-8-12-24(16)7-2)22-13-15-10-11-17(25-3)19(27-5)18(15)26-4/h10-11,16H,6-9,12-14H2,1-5H3,(H2,21,22,23). The third-order valence-corrected chi connectivity index (χ3v) is 4.95. The minimum absolute atomic E-state index is 0.487. The molecule has 152 valence electrons. The Morgan fingerprint density at radius 2 is 1.89 bits per heavy atom. The third kappa shape index (κ3) is 5.42. The topological polar surface area (TPSA) is 67.4 Å². The van der Waals surface area contributed by atoms with Gasteiger partial charge in [-0.3, -0.25) is 4.90 Å². The van der Waals surface area contributed by atoms with Crippen LogP contribution in [0.4, 0.5) is 0 Å². The number of nitrogens with zero attached hydrogens (tertiary/aromatic N) is 2. The summed E-state index contributed by atoms with van der Waals surface area (Å²) in [5.74, 6) is 2.71. The molecule has 2 N–H and O–H groups in total. The van der Waals surface area contributed by atoms with E-state index in [4.69, 9.17) is 19.2 Å². The van der Waals surface area contributed by atoms with Crippen molar-refractivity contribution in [2.75, 3.05) is 47.5 Å². The van der Waals surface area contributed by atoms with Crippen LogP contribution >= 0.6 is 0 Å². The van der Waals surface area contributed by atoms with Gasteiger partial charge in [0.25, 0.3) is 0 Å². The van der Waals surface area contributed by atoms with Crippen LogP contribution in [-0.4, -0.2) is 64.4 Å². The molecule has 1 unspecified atom stereocenters. The van der Waals surface area contributed by atoms with Gasteiger partial charge < -0.3 is 24.8 Å². The number of rotatable bonds is 9. The van der Waals surface area contributed by atoms with Crippen molar-refractivity contribution >= 4 is 5.96 Å². The van der Waals surface area contributed by atoms with E-state index < -0.39 is 0 Å². The summed E-state index contributed by atoms with van der Waals surface area (Å²) in [6, 6.07) is 4.42. The Morgan fingerprint density at radius 1 is 1.11 bits per heavy atom. The molecule has 0 saturated carbocycles. The molecule has 1 saturated heterocycles. The predicted molar refractivity (Wildman–Crippen MR) is 109 cm³/mol. The maximum atomic E-state index is 5.55. The number of methoxy groups -OCH3 is 3. The summed E-state index contributed by atoms with van der Waals surface area (Å²) in [6.07, 6.45) is 2.51. The second kappa shape index (κ2) is 10.9. The molecule has 0 aromatic heterocycles. The Labute approximate surface area is 163 Å². The Bertz CT molecular complexity index is 621. The first-order chi connectivity index (χ1) is 13.2. The molecule has 0 spiro atoms. The van der Waals surface area contributed by atoms with E-state index in [1.165, 1.54) is 19.4 Å². The lowest BCUT2D eigenvalue weighted by Gasteiger charge is -2.24. The third-order valence-electron chi connectivity index (χ3n) is 4.95.